The van der Waals surface area contributed by atoms with E-state index in [1.54, 1.807) is 4.90 Å². The summed E-state index contributed by atoms with van der Waals surface area (Å²) in [5.41, 5.74) is 2.27. The Morgan fingerprint density at radius 2 is 1.69 bits per heavy atom. The zero-order valence-electron chi connectivity index (χ0n) is 16.8. The average Bonchev–Trinajstić information content (AvgIpc) is 3.19. The van der Waals surface area contributed by atoms with E-state index in [9.17, 15) is 9.59 Å². The Morgan fingerprint density at radius 1 is 0.966 bits per heavy atom. The summed E-state index contributed by atoms with van der Waals surface area (Å²) in [6.07, 6.45) is 4.70. The highest BCUT2D eigenvalue weighted by atomic mass is 16.5. The van der Waals surface area contributed by atoms with Crippen LogP contribution in [0.4, 0.5) is 5.69 Å². The summed E-state index contributed by atoms with van der Waals surface area (Å²) in [6.45, 7) is 2.44. The van der Waals surface area contributed by atoms with Crippen LogP contribution >= 0.6 is 0 Å². The van der Waals surface area contributed by atoms with Crippen LogP contribution in [0.3, 0.4) is 0 Å². The summed E-state index contributed by atoms with van der Waals surface area (Å²) in [6, 6.07) is 18.0. The SMILES string of the molecule is O=C(COc1ccc(N2CCCC2=O)cc1)N1CCC(Cc2ccccc2)CC1. The molecular formula is C24H28N2O3. The van der Waals surface area contributed by atoms with Crippen LogP contribution in [0.25, 0.3) is 0 Å². The molecule has 5 nitrogen and oxygen atoms in total. The molecule has 0 aromatic heterocycles. The lowest BCUT2D eigenvalue weighted by Gasteiger charge is -2.32. The van der Waals surface area contributed by atoms with E-state index in [2.05, 4.69) is 24.3 Å². The van der Waals surface area contributed by atoms with Crippen molar-refractivity contribution in [2.75, 3.05) is 31.1 Å². The first-order valence-corrected chi connectivity index (χ1v) is 10.5. The Hall–Kier alpha value is -2.82. The second-order valence-electron chi connectivity index (χ2n) is 7.95. The van der Waals surface area contributed by atoms with E-state index >= 15 is 0 Å². The second-order valence-corrected chi connectivity index (χ2v) is 7.95. The van der Waals surface area contributed by atoms with Crippen molar-refractivity contribution < 1.29 is 14.3 Å². The molecular weight excluding hydrogens is 364 g/mol. The Balaban J connectivity index is 1.21. The van der Waals surface area contributed by atoms with Crippen molar-refractivity contribution in [2.45, 2.75) is 32.1 Å². The third-order valence-corrected chi connectivity index (χ3v) is 5.92. The van der Waals surface area contributed by atoms with Crippen LogP contribution in [0.2, 0.25) is 0 Å². The predicted octanol–water partition coefficient (Wildman–Crippen LogP) is 3.67. The maximum absolute atomic E-state index is 12.5. The summed E-state index contributed by atoms with van der Waals surface area (Å²) in [4.78, 5) is 28.0. The molecule has 2 aliphatic heterocycles. The maximum atomic E-state index is 12.5. The van der Waals surface area contributed by atoms with Crippen LogP contribution in [-0.4, -0.2) is 43.0 Å². The monoisotopic (exact) mass is 392 g/mol. The molecule has 2 saturated heterocycles. The first kappa shape index (κ1) is 19.5. The molecule has 0 atom stereocenters. The Kier molecular flexibility index (Phi) is 6.13. The molecule has 2 amide bonds. The molecule has 152 valence electrons. The lowest BCUT2D eigenvalue weighted by molar-refractivity contribution is -0.134. The number of carbonyl (C=O) groups is 2. The van der Waals surface area contributed by atoms with Gasteiger partial charge in [0.2, 0.25) is 5.91 Å². The fraction of sp³-hybridized carbons (Fsp3) is 0.417. The van der Waals surface area contributed by atoms with Crippen molar-refractivity contribution in [2.24, 2.45) is 5.92 Å². The van der Waals surface area contributed by atoms with Crippen LogP contribution in [-0.2, 0) is 16.0 Å². The number of hydrogen-bond acceptors (Lipinski definition) is 3. The largest absolute Gasteiger partial charge is 0.484 e. The predicted molar refractivity (Wildman–Crippen MR) is 113 cm³/mol. The zero-order chi connectivity index (χ0) is 20.1. The lowest BCUT2D eigenvalue weighted by atomic mass is 9.90. The van der Waals surface area contributed by atoms with Crippen molar-refractivity contribution in [3.8, 4) is 5.75 Å². The lowest BCUT2D eigenvalue weighted by Crippen LogP contribution is -2.41. The maximum Gasteiger partial charge on any atom is 0.260 e. The quantitative estimate of drug-likeness (QED) is 0.754. The van der Waals surface area contributed by atoms with Crippen molar-refractivity contribution >= 4 is 17.5 Å². The van der Waals surface area contributed by atoms with E-state index < -0.39 is 0 Å². The molecule has 0 spiro atoms. The van der Waals surface area contributed by atoms with E-state index in [0.717, 1.165) is 51.0 Å². The first-order valence-electron chi connectivity index (χ1n) is 10.5. The number of likely N-dealkylation sites (tertiary alicyclic amines) is 1. The van der Waals surface area contributed by atoms with Gasteiger partial charge in [0.05, 0.1) is 0 Å². The number of anilines is 1. The average molecular weight is 392 g/mol. The van der Waals surface area contributed by atoms with Crippen molar-refractivity contribution in [1.29, 1.82) is 0 Å². The molecule has 2 aromatic rings. The number of nitrogens with zero attached hydrogens (tertiary/aromatic N) is 2. The van der Waals surface area contributed by atoms with E-state index in [1.165, 1.54) is 5.56 Å². The number of rotatable bonds is 6. The van der Waals surface area contributed by atoms with Gasteiger partial charge in [-0.25, -0.2) is 0 Å². The summed E-state index contributed by atoms with van der Waals surface area (Å²) >= 11 is 0. The number of carbonyl (C=O) groups excluding carboxylic acids is 2. The second kappa shape index (κ2) is 9.12. The fourth-order valence-electron chi connectivity index (χ4n) is 4.21. The molecule has 0 N–H and O–H groups in total. The summed E-state index contributed by atoms with van der Waals surface area (Å²) < 4.78 is 5.69. The smallest absolute Gasteiger partial charge is 0.260 e. The van der Waals surface area contributed by atoms with Crippen LogP contribution in [0.1, 0.15) is 31.2 Å². The standard InChI is InChI=1S/C24H28N2O3/c27-23-7-4-14-26(23)21-8-10-22(11-9-21)29-18-24(28)25-15-12-20(13-16-25)17-19-5-2-1-3-6-19/h1-3,5-6,8-11,20H,4,7,12-18H2. The molecule has 2 aliphatic rings. The molecule has 2 aromatic carbocycles. The van der Waals surface area contributed by atoms with E-state index in [1.807, 2.05) is 35.2 Å². The minimum atomic E-state index is 0.0435. The van der Waals surface area contributed by atoms with Gasteiger partial charge >= 0.3 is 0 Å². The third-order valence-electron chi connectivity index (χ3n) is 5.92. The van der Waals surface area contributed by atoms with Gasteiger partial charge in [-0.1, -0.05) is 30.3 Å². The number of benzene rings is 2. The highest BCUT2D eigenvalue weighted by Gasteiger charge is 2.24. The number of amides is 2. The van der Waals surface area contributed by atoms with Gasteiger partial charge in [-0.2, -0.15) is 0 Å². The normalized spacial score (nSPS) is 17.6. The Labute approximate surface area is 172 Å². The molecule has 29 heavy (non-hydrogen) atoms. The van der Waals surface area contributed by atoms with Crippen LogP contribution < -0.4 is 9.64 Å². The van der Waals surface area contributed by atoms with Gasteiger partial charge in [-0.3, -0.25) is 9.59 Å². The van der Waals surface area contributed by atoms with Crippen LogP contribution in [0.15, 0.2) is 54.6 Å². The first-order chi connectivity index (χ1) is 14.2. The molecule has 4 rings (SSSR count). The molecule has 0 unspecified atom stereocenters. The van der Waals surface area contributed by atoms with Gasteiger partial charge in [0, 0.05) is 31.7 Å². The molecule has 0 bridgehead atoms. The molecule has 2 fully saturated rings. The Morgan fingerprint density at radius 3 is 2.34 bits per heavy atom. The van der Waals surface area contributed by atoms with Gasteiger partial charge in [-0.15, -0.1) is 0 Å². The van der Waals surface area contributed by atoms with Crippen LogP contribution in [0, 0.1) is 5.92 Å². The summed E-state index contributed by atoms with van der Waals surface area (Å²) in [5.74, 6) is 1.52. The van der Waals surface area contributed by atoms with Gasteiger partial charge in [-0.05, 0) is 61.4 Å². The van der Waals surface area contributed by atoms with Gasteiger partial charge in [0.25, 0.3) is 5.91 Å². The van der Waals surface area contributed by atoms with Crippen molar-refractivity contribution in [1.82, 2.24) is 4.90 Å². The highest BCUT2D eigenvalue weighted by Crippen LogP contribution is 2.24. The summed E-state index contributed by atoms with van der Waals surface area (Å²) in [7, 11) is 0. The third kappa shape index (κ3) is 4.97. The number of ether oxygens (including phenoxy) is 1. The minimum Gasteiger partial charge on any atom is -0.484 e. The topological polar surface area (TPSA) is 49.9 Å². The minimum absolute atomic E-state index is 0.0435. The van der Waals surface area contributed by atoms with Gasteiger partial charge in [0.1, 0.15) is 5.75 Å². The van der Waals surface area contributed by atoms with Gasteiger partial charge < -0.3 is 14.5 Å². The van der Waals surface area contributed by atoms with Gasteiger partial charge in [0.15, 0.2) is 6.61 Å². The Bertz CT molecular complexity index is 827. The van der Waals surface area contributed by atoms with E-state index in [4.69, 9.17) is 4.74 Å². The number of piperidine rings is 1. The summed E-state index contributed by atoms with van der Waals surface area (Å²) in [5, 5.41) is 0. The fourth-order valence-corrected chi connectivity index (χ4v) is 4.21. The molecule has 2 heterocycles. The van der Waals surface area contributed by atoms with Crippen molar-refractivity contribution in [3.63, 3.8) is 0 Å². The molecule has 5 heteroatoms. The molecule has 0 aliphatic carbocycles. The van der Waals surface area contributed by atoms with Crippen molar-refractivity contribution in [3.05, 3.63) is 60.2 Å². The van der Waals surface area contributed by atoms with Crippen LogP contribution in [0.5, 0.6) is 5.75 Å². The number of hydrogen-bond donors (Lipinski definition) is 0. The van der Waals surface area contributed by atoms with E-state index in [0.29, 0.717) is 18.1 Å². The van der Waals surface area contributed by atoms with E-state index in [-0.39, 0.29) is 18.4 Å². The molecule has 0 radical (unpaired) electrons. The molecule has 0 saturated carbocycles. The highest BCUT2D eigenvalue weighted by molar-refractivity contribution is 5.95. The zero-order valence-corrected chi connectivity index (χ0v) is 16.8.